The van der Waals surface area contributed by atoms with Crippen LogP contribution in [0.1, 0.15) is 12.8 Å². The predicted molar refractivity (Wildman–Crippen MR) is 40.1 cm³/mol. The van der Waals surface area contributed by atoms with Crippen molar-refractivity contribution in [1.29, 1.82) is 0 Å². The zero-order valence-corrected chi connectivity index (χ0v) is 6.79. The molecule has 1 heterocycles. The summed E-state index contributed by atoms with van der Waals surface area (Å²) in [5.41, 5.74) is 0. The van der Waals surface area contributed by atoms with Gasteiger partial charge in [-0.3, -0.25) is 4.90 Å². The highest BCUT2D eigenvalue weighted by Crippen LogP contribution is 2.37. The van der Waals surface area contributed by atoms with Crippen molar-refractivity contribution in [3.05, 3.63) is 0 Å². The van der Waals surface area contributed by atoms with Gasteiger partial charge in [-0.15, -0.1) is 0 Å². The fourth-order valence-corrected chi connectivity index (χ4v) is 2.49. The number of hydrogen-bond acceptors (Lipinski definition) is 2. The highest BCUT2D eigenvalue weighted by Gasteiger charge is 2.44. The molecule has 2 rings (SSSR count). The second-order valence-electron chi connectivity index (χ2n) is 3.82. The quantitative estimate of drug-likeness (QED) is 0.671. The third kappa shape index (κ3) is 1.33. The fraction of sp³-hybridized carbons (Fsp3) is 1.00. The average Bonchev–Trinajstić information content (AvgIpc) is 2.43. The smallest absolute Gasteiger partial charge is 0.251 e. The van der Waals surface area contributed by atoms with Crippen molar-refractivity contribution in [2.45, 2.75) is 31.4 Å². The molecule has 2 nitrogen and oxygen atoms in total. The predicted octanol–water partition coefficient (Wildman–Crippen LogP) is 0.707. The summed E-state index contributed by atoms with van der Waals surface area (Å²) in [4.78, 5) is 1.73. The Bertz CT molecular complexity index is 176. The van der Waals surface area contributed by atoms with Gasteiger partial charge in [0, 0.05) is 12.6 Å². The molecule has 1 N–H and O–H groups in total. The molecule has 1 saturated carbocycles. The molecular formula is C8H13F2NO. The SMILES string of the molecule is O[C@@H]1C[C@@H]2C[C@H]1N(CC(F)F)C2. The molecule has 0 aromatic rings. The molecule has 0 amide bonds. The maximum atomic E-state index is 12.0. The van der Waals surface area contributed by atoms with Gasteiger partial charge in [0.05, 0.1) is 12.6 Å². The number of aliphatic hydroxyl groups is 1. The van der Waals surface area contributed by atoms with Crippen LogP contribution in [0.3, 0.4) is 0 Å². The standard InChI is InChI=1S/C8H13F2NO/c9-8(10)4-11-3-5-1-6(11)7(12)2-5/h5-8,12H,1-4H2/t5-,6+,7+/m0/s1. The Hall–Kier alpha value is -0.220. The summed E-state index contributed by atoms with van der Waals surface area (Å²) in [6.45, 7) is 0.588. The molecule has 2 fully saturated rings. The van der Waals surface area contributed by atoms with Gasteiger partial charge in [-0.2, -0.15) is 0 Å². The largest absolute Gasteiger partial charge is 0.391 e. The number of halogens is 2. The van der Waals surface area contributed by atoms with E-state index in [0.29, 0.717) is 5.92 Å². The number of likely N-dealkylation sites (tertiary alicyclic amines) is 1. The third-order valence-electron chi connectivity index (χ3n) is 2.93. The lowest BCUT2D eigenvalue weighted by Crippen LogP contribution is -2.43. The highest BCUT2D eigenvalue weighted by molar-refractivity contribution is 4.97. The van der Waals surface area contributed by atoms with Crippen LogP contribution in [-0.2, 0) is 0 Å². The molecule has 12 heavy (non-hydrogen) atoms. The maximum absolute atomic E-state index is 12.0. The van der Waals surface area contributed by atoms with Crippen LogP contribution in [0.2, 0.25) is 0 Å². The number of aliphatic hydroxyl groups excluding tert-OH is 1. The topological polar surface area (TPSA) is 23.5 Å². The molecule has 2 bridgehead atoms. The summed E-state index contributed by atoms with van der Waals surface area (Å²) in [5.74, 6) is 0.462. The molecular weight excluding hydrogens is 164 g/mol. The van der Waals surface area contributed by atoms with E-state index in [1.807, 2.05) is 0 Å². The molecule has 3 atom stereocenters. The van der Waals surface area contributed by atoms with Crippen molar-refractivity contribution < 1.29 is 13.9 Å². The number of nitrogens with zero attached hydrogens (tertiary/aromatic N) is 1. The summed E-state index contributed by atoms with van der Waals surface area (Å²) in [5, 5.41) is 9.42. The molecule has 0 unspecified atom stereocenters. The molecule has 0 spiro atoms. The van der Waals surface area contributed by atoms with E-state index in [9.17, 15) is 13.9 Å². The Morgan fingerprint density at radius 3 is 2.67 bits per heavy atom. The molecule has 2 aliphatic rings. The van der Waals surface area contributed by atoms with E-state index in [0.717, 1.165) is 19.4 Å². The first-order chi connectivity index (χ1) is 5.66. The van der Waals surface area contributed by atoms with Crippen LogP contribution >= 0.6 is 0 Å². The lowest BCUT2D eigenvalue weighted by Gasteiger charge is -2.29. The first-order valence-electron chi connectivity index (χ1n) is 4.37. The maximum Gasteiger partial charge on any atom is 0.251 e. The molecule has 0 radical (unpaired) electrons. The minimum Gasteiger partial charge on any atom is -0.391 e. The summed E-state index contributed by atoms with van der Waals surface area (Å²) in [7, 11) is 0. The van der Waals surface area contributed by atoms with Gasteiger partial charge in [0.2, 0.25) is 0 Å². The zero-order valence-electron chi connectivity index (χ0n) is 6.79. The summed E-state index contributed by atoms with van der Waals surface area (Å²) < 4.78 is 24.0. The average molecular weight is 177 g/mol. The van der Waals surface area contributed by atoms with Crippen LogP contribution in [0.5, 0.6) is 0 Å². The minimum absolute atomic E-state index is 0.0176. The van der Waals surface area contributed by atoms with Crippen molar-refractivity contribution in [1.82, 2.24) is 4.90 Å². The summed E-state index contributed by atoms with van der Waals surface area (Å²) in [6.07, 6.45) is -0.905. The Balaban J connectivity index is 1.93. The Morgan fingerprint density at radius 1 is 1.42 bits per heavy atom. The number of rotatable bonds is 2. The van der Waals surface area contributed by atoms with E-state index in [1.54, 1.807) is 4.90 Å². The highest BCUT2D eigenvalue weighted by atomic mass is 19.3. The van der Waals surface area contributed by atoms with Crippen LogP contribution in [-0.4, -0.2) is 41.7 Å². The number of piperidine rings is 1. The molecule has 0 aromatic heterocycles. The molecule has 1 saturated heterocycles. The fourth-order valence-electron chi connectivity index (χ4n) is 2.49. The van der Waals surface area contributed by atoms with E-state index in [4.69, 9.17) is 0 Å². The molecule has 1 aliphatic heterocycles. The molecule has 4 heteroatoms. The third-order valence-corrected chi connectivity index (χ3v) is 2.93. The van der Waals surface area contributed by atoms with E-state index in [2.05, 4.69) is 0 Å². The van der Waals surface area contributed by atoms with Gasteiger partial charge in [0.1, 0.15) is 0 Å². The monoisotopic (exact) mass is 177 g/mol. The van der Waals surface area contributed by atoms with Gasteiger partial charge >= 0.3 is 0 Å². The second-order valence-corrected chi connectivity index (χ2v) is 3.82. The van der Waals surface area contributed by atoms with Crippen LogP contribution in [0.4, 0.5) is 8.78 Å². The lowest BCUT2D eigenvalue weighted by atomic mass is 10.1. The molecule has 70 valence electrons. The van der Waals surface area contributed by atoms with Crippen LogP contribution in [0.25, 0.3) is 0 Å². The van der Waals surface area contributed by atoms with Gasteiger partial charge in [0.15, 0.2) is 0 Å². The van der Waals surface area contributed by atoms with Crippen LogP contribution in [0.15, 0.2) is 0 Å². The molecule has 1 aliphatic carbocycles. The van der Waals surface area contributed by atoms with E-state index < -0.39 is 6.43 Å². The van der Waals surface area contributed by atoms with E-state index in [-0.39, 0.29) is 18.7 Å². The Kier molecular flexibility index (Phi) is 2.04. The summed E-state index contributed by atoms with van der Waals surface area (Å²) >= 11 is 0. The number of hydrogen-bond donors (Lipinski definition) is 1. The second kappa shape index (κ2) is 2.92. The van der Waals surface area contributed by atoms with E-state index >= 15 is 0 Å². The zero-order chi connectivity index (χ0) is 8.72. The van der Waals surface area contributed by atoms with Gasteiger partial charge in [-0.1, -0.05) is 0 Å². The van der Waals surface area contributed by atoms with Crippen LogP contribution < -0.4 is 0 Å². The Morgan fingerprint density at radius 2 is 2.17 bits per heavy atom. The number of fused-ring (bicyclic) bond motifs is 2. The first kappa shape index (κ1) is 8.38. The van der Waals surface area contributed by atoms with Crippen molar-refractivity contribution in [3.63, 3.8) is 0 Å². The van der Waals surface area contributed by atoms with Crippen molar-refractivity contribution in [2.75, 3.05) is 13.1 Å². The van der Waals surface area contributed by atoms with Crippen molar-refractivity contribution >= 4 is 0 Å². The normalized spacial score (nSPS) is 41.5. The van der Waals surface area contributed by atoms with Gasteiger partial charge in [-0.05, 0) is 18.8 Å². The lowest BCUT2D eigenvalue weighted by molar-refractivity contribution is 0.0179. The number of alkyl halides is 2. The first-order valence-corrected chi connectivity index (χ1v) is 4.37. The Labute approximate surface area is 70.2 Å². The molecule has 0 aromatic carbocycles. The van der Waals surface area contributed by atoms with Crippen LogP contribution in [0, 0.1) is 5.92 Å². The van der Waals surface area contributed by atoms with Gasteiger partial charge in [-0.25, -0.2) is 8.78 Å². The van der Waals surface area contributed by atoms with Gasteiger partial charge < -0.3 is 5.11 Å². The van der Waals surface area contributed by atoms with E-state index in [1.165, 1.54) is 0 Å². The van der Waals surface area contributed by atoms with Crippen molar-refractivity contribution in [3.8, 4) is 0 Å². The van der Waals surface area contributed by atoms with Crippen molar-refractivity contribution in [2.24, 2.45) is 5.92 Å². The van der Waals surface area contributed by atoms with Gasteiger partial charge in [0.25, 0.3) is 6.43 Å². The summed E-state index contributed by atoms with van der Waals surface area (Å²) in [6, 6.07) is 0.0176. The minimum atomic E-state index is -2.27.